The first-order valence-corrected chi connectivity index (χ1v) is 1.88. The molecule has 0 radical (unpaired) electrons. The molecule has 0 amide bonds. The molecule has 0 fully saturated rings. The molecule has 0 aromatic rings. The summed E-state index contributed by atoms with van der Waals surface area (Å²) in [4.78, 5) is 7.37. The summed E-state index contributed by atoms with van der Waals surface area (Å²) in [6.45, 7) is 0.433. The molecule has 7 heavy (non-hydrogen) atoms. The van der Waals surface area contributed by atoms with Gasteiger partial charge in [-0.15, -0.1) is 0 Å². The average Bonchev–Trinajstić information content (AvgIpc) is 2.14. The van der Waals surface area contributed by atoms with Gasteiger partial charge in [0, 0.05) is 0 Å². The Balaban J connectivity index is 2.75. The first kappa shape index (κ1) is 4.00. The van der Waals surface area contributed by atoms with Crippen LogP contribution in [0.5, 0.6) is 0 Å². The second kappa shape index (κ2) is 1.52. The van der Waals surface area contributed by atoms with Crippen LogP contribution in [0.3, 0.4) is 0 Å². The normalized spacial score (nSPS) is 16.1. The molecular weight excluding hydrogens is 90.1 g/mol. The number of hydrogen-bond donors (Lipinski definition) is 0. The summed E-state index contributed by atoms with van der Waals surface area (Å²) in [6.07, 6.45) is 1.47. The van der Waals surface area contributed by atoms with Crippen LogP contribution in [0.4, 0.5) is 0 Å². The Morgan fingerprint density at radius 2 is 2.71 bits per heavy atom. The maximum atomic E-state index is 8.09. The van der Waals surface area contributed by atoms with Gasteiger partial charge < -0.3 is 0 Å². The zero-order valence-corrected chi connectivity index (χ0v) is 3.63. The molecular formula is C4H3N3. The first-order valence-electron chi connectivity index (χ1n) is 1.88. The highest BCUT2D eigenvalue weighted by molar-refractivity contribution is 6.38. The van der Waals surface area contributed by atoms with Crippen LogP contribution >= 0.6 is 0 Å². The highest BCUT2D eigenvalue weighted by Crippen LogP contribution is 1.83. The predicted molar refractivity (Wildman–Crippen MR) is 26.4 cm³/mol. The van der Waals surface area contributed by atoms with E-state index in [1.807, 2.05) is 6.07 Å². The number of aliphatic imine (C=N–C) groups is 2. The van der Waals surface area contributed by atoms with Crippen LogP contribution in [0.15, 0.2) is 9.98 Å². The summed E-state index contributed by atoms with van der Waals surface area (Å²) in [7, 11) is 0. The van der Waals surface area contributed by atoms with Gasteiger partial charge in [-0.1, -0.05) is 0 Å². The molecule has 0 aliphatic carbocycles. The topological polar surface area (TPSA) is 48.5 Å². The Hall–Kier alpha value is -1.17. The van der Waals surface area contributed by atoms with Crippen molar-refractivity contribution in [3.05, 3.63) is 0 Å². The van der Waals surface area contributed by atoms with E-state index in [1.165, 1.54) is 6.21 Å². The summed E-state index contributed by atoms with van der Waals surface area (Å²) in [5, 5.41) is 8.09. The Bertz CT molecular complexity index is 160. The zero-order valence-electron chi connectivity index (χ0n) is 3.63. The van der Waals surface area contributed by atoms with Crippen molar-refractivity contribution >= 4 is 11.9 Å². The van der Waals surface area contributed by atoms with E-state index in [2.05, 4.69) is 9.98 Å². The number of nitriles is 1. The highest BCUT2D eigenvalue weighted by Gasteiger charge is 1.93. The second-order valence-corrected chi connectivity index (χ2v) is 1.11. The Morgan fingerprint density at radius 3 is 3.00 bits per heavy atom. The van der Waals surface area contributed by atoms with Crippen LogP contribution in [0.25, 0.3) is 0 Å². The van der Waals surface area contributed by atoms with E-state index in [0.717, 1.165) is 0 Å². The van der Waals surface area contributed by atoms with E-state index in [9.17, 15) is 0 Å². The fraction of sp³-hybridized carbons (Fsp3) is 0.250. The standard InChI is InChI=1S/C4H3N3/c5-1-4-2-6-3-7-4/h2H,3H2. The number of nitrogens with zero attached hydrogens (tertiary/aromatic N) is 3. The second-order valence-electron chi connectivity index (χ2n) is 1.11. The van der Waals surface area contributed by atoms with E-state index in [4.69, 9.17) is 5.26 Å². The van der Waals surface area contributed by atoms with Crippen molar-refractivity contribution in [2.24, 2.45) is 9.98 Å². The maximum absolute atomic E-state index is 8.09. The van der Waals surface area contributed by atoms with Crippen molar-refractivity contribution in [3.8, 4) is 6.07 Å². The Morgan fingerprint density at radius 1 is 1.86 bits per heavy atom. The molecule has 1 heterocycles. The molecule has 1 rings (SSSR count). The smallest absolute Gasteiger partial charge is 0.155 e. The molecule has 0 aromatic heterocycles. The summed E-state index contributed by atoms with van der Waals surface area (Å²) < 4.78 is 0. The molecule has 0 bridgehead atoms. The number of rotatable bonds is 0. The van der Waals surface area contributed by atoms with Crippen molar-refractivity contribution < 1.29 is 0 Å². The molecule has 1 aliphatic rings. The quantitative estimate of drug-likeness (QED) is 0.415. The third-order valence-corrected chi connectivity index (χ3v) is 0.651. The van der Waals surface area contributed by atoms with Crippen LogP contribution < -0.4 is 0 Å². The lowest BCUT2D eigenvalue weighted by Crippen LogP contribution is -1.87. The lowest BCUT2D eigenvalue weighted by atomic mass is 10.5. The van der Waals surface area contributed by atoms with Crippen molar-refractivity contribution in [1.29, 1.82) is 5.26 Å². The molecule has 0 aromatic carbocycles. The summed E-state index contributed by atoms with van der Waals surface area (Å²) in [6, 6.07) is 1.86. The van der Waals surface area contributed by atoms with Gasteiger partial charge >= 0.3 is 0 Å². The maximum Gasteiger partial charge on any atom is 0.155 e. The molecule has 1 aliphatic heterocycles. The van der Waals surface area contributed by atoms with Gasteiger partial charge in [0.1, 0.15) is 12.7 Å². The molecule has 0 unspecified atom stereocenters. The fourth-order valence-electron chi connectivity index (χ4n) is 0.349. The molecule has 0 N–H and O–H groups in total. The minimum Gasteiger partial charge on any atom is -0.267 e. The van der Waals surface area contributed by atoms with E-state index in [1.54, 1.807) is 0 Å². The van der Waals surface area contributed by atoms with Crippen LogP contribution in [-0.4, -0.2) is 18.6 Å². The molecule has 34 valence electrons. The van der Waals surface area contributed by atoms with Crippen molar-refractivity contribution in [2.45, 2.75) is 0 Å². The lowest BCUT2D eigenvalue weighted by molar-refractivity contribution is 1.11. The summed E-state index contributed by atoms with van der Waals surface area (Å²) >= 11 is 0. The minimum atomic E-state index is 0.431. The van der Waals surface area contributed by atoms with Gasteiger partial charge in [-0.05, 0) is 0 Å². The predicted octanol–water partition coefficient (Wildman–Crippen LogP) is -0.00712. The van der Waals surface area contributed by atoms with Crippen molar-refractivity contribution in [2.75, 3.05) is 6.67 Å². The Kier molecular flexibility index (Phi) is 0.868. The zero-order chi connectivity index (χ0) is 5.11. The molecule has 3 nitrogen and oxygen atoms in total. The van der Waals surface area contributed by atoms with Crippen LogP contribution in [0, 0.1) is 11.3 Å². The summed E-state index contributed by atoms with van der Waals surface area (Å²) in [5.74, 6) is 0. The highest BCUT2D eigenvalue weighted by atomic mass is 15.0. The molecule has 0 saturated carbocycles. The van der Waals surface area contributed by atoms with E-state index in [-0.39, 0.29) is 0 Å². The fourth-order valence-corrected chi connectivity index (χ4v) is 0.349. The SMILES string of the molecule is N#CC1=NCN=C1. The summed E-state index contributed by atoms with van der Waals surface area (Å²) in [5.41, 5.74) is 0.431. The van der Waals surface area contributed by atoms with Gasteiger partial charge in [0.05, 0.1) is 6.21 Å². The lowest BCUT2D eigenvalue weighted by Gasteiger charge is -1.66. The Labute approximate surface area is 41.0 Å². The molecule has 0 atom stereocenters. The molecule has 0 saturated heterocycles. The van der Waals surface area contributed by atoms with Crippen LogP contribution in [-0.2, 0) is 0 Å². The van der Waals surface area contributed by atoms with Gasteiger partial charge in [0.25, 0.3) is 0 Å². The van der Waals surface area contributed by atoms with Gasteiger partial charge in [0.2, 0.25) is 0 Å². The third kappa shape index (κ3) is 0.631. The number of hydrogen-bond acceptors (Lipinski definition) is 3. The minimum absolute atomic E-state index is 0.431. The monoisotopic (exact) mass is 93.0 g/mol. The third-order valence-electron chi connectivity index (χ3n) is 0.651. The van der Waals surface area contributed by atoms with Gasteiger partial charge in [-0.25, -0.2) is 4.99 Å². The van der Waals surface area contributed by atoms with Gasteiger partial charge in [-0.2, -0.15) is 5.26 Å². The van der Waals surface area contributed by atoms with E-state index >= 15 is 0 Å². The average molecular weight is 93.1 g/mol. The first-order chi connectivity index (χ1) is 3.43. The van der Waals surface area contributed by atoms with Crippen LogP contribution in [0.1, 0.15) is 0 Å². The van der Waals surface area contributed by atoms with Gasteiger partial charge in [0.15, 0.2) is 5.71 Å². The largest absolute Gasteiger partial charge is 0.267 e. The van der Waals surface area contributed by atoms with E-state index < -0.39 is 0 Å². The molecule has 0 spiro atoms. The van der Waals surface area contributed by atoms with E-state index in [0.29, 0.717) is 12.4 Å². The van der Waals surface area contributed by atoms with Gasteiger partial charge in [-0.3, -0.25) is 4.99 Å². The van der Waals surface area contributed by atoms with Crippen molar-refractivity contribution in [1.82, 2.24) is 0 Å². The van der Waals surface area contributed by atoms with Crippen molar-refractivity contribution in [3.63, 3.8) is 0 Å². The molecule has 3 heteroatoms. The van der Waals surface area contributed by atoms with Crippen LogP contribution in [0.2, 0.25) is 0 Å².